The third-order valence-corrected chi connectivity index (χ3v) is 3.44. The molecular weight excluding hydrogens is 254 g/mol. The first-order valence-electron chi connectivity index (χ1n) is 7.36. The fraction of sp³-hybridized carbons (Fsp3) is 0.667. The normalized spacial score (nSPS) is 12.7. The van der Waals surface area contributed by atoms with Crippen LogP contribution in [0.25, 0.3) is 0 Å². The van der Waals surface area contributed by atoms with Gasteiger partial charge in [0.05, 0.1) is 5.69 Å². The third-order valence-electron chi connectivity index (χ3n) is 3.44. The maximum absolute atomic E-state index is 12.2. The van der Waals surface area contributed by atoms with Gasteiger partial charge in [0.25, 0.3) is 5.91 Å². The Labute approximate surface area is 121 Å². The van der Waals surface area contributed by atoms with Crippen LogP contribution >= 0.6 is 0 Å². The van der Waals surface area contributed by atoms with E-state index in [2.05, 4.69) is 12.2 Å². The predicted molar refractivity (Wildman–Crippen MR) is 81.7 cm³/mol. The van der Waals surface area contributed by atoms with E-state index in [4.69, 9.17) is 10.8 Å². The van der Waals surface area contributed by atoms with E-state index in [9.17, 15) is 4.79 Å². The van der Waals surface area contributed by atoms with E-state index in [-0.39, 0.29) is 18.6 Å². The Morgan fingerprint density at radius 2 is 2.15 bits per heavy atom. The number of aliphatic hydroxyl groups is 1. The maximum atomic E-state index is 12.2. The van der Waals surface area contributed by atoms with Crippen molar-refractivity contribution in [1.29, 1.82) is 0 Å². The highest BCUT2D eigenvalue weighted by atomic mass is 16.3. The standard InChI is InChI=1S/C15H27N3O2/c1-4-5-12(6-7-19)9-17-15(20)14-8-13(16)10-18(14)11(2)3/h8,10-12,19H,4-7,9,16H2,1-3H3,(H,17,20). The molecule has 0 saturated heterocycles. The molecule has 0 aromatic carbocycles. The summed E-state index contributed by atoms with van der Waals surface area (Å²) in [6.07, 6.45) is 4.57. The van der Waals surface area contributed by atoms with E-state index < -0.39 is 0 Å². The second-order valence-electron chi connectivity index (χ2n) is 5.54. The van der Waals surface area contributed by atoms with Crippen molar-refractivity contribution in [3.8, 4) is 0 Å². The van der Waals surface area contributed by atoms with Gasteiger partial charge in [-0.2, -0.15) is 0 Å². The number of nitrogens with two attached hydrogens (primary N) is 1. The van der Waals surface area contributed by atoms with Gasteiger partial charge in [-0.3, -0.25) is 4.79 Å². The lowest BCUT2D eigenvalue weighted by Gasteiger charge is -2.17. The van der Waals surface area contributed by atoms with Crippen molar-refractivity contribution in [2.75, 3.05) is 18.9 Å². The second kappa shape index (κ2) is 7.94. The average molecular weight is 281 g/mol. The van der Waals surface area contributed by atoms with Crippen LogP contribution < -0.4 is 11.1 Å². The van der Waals surface area contributed by atoms with Crippen LogP contribution in [0.15, 0.2) is 12.3 Å². The molecule has 1 heterocycles. The number of amides is 1. The number of carbonyl (C=O) groups is 1. The zero-order valence-electron chi connectivity index (χ0n) is 12.7. The van der Waals surface area contributed by atoms with Gasteiger partial charge in [0.2, 0.25) is 0 Å². The quantitative estimate of drug-likeness (QED) is 0.683. The molecule has 5 heteroatoms. The van der Waals surface area contributed by atoms with Crippen LogP contribution in [-0.2, 0) is 0 Å². The average Bonchev–Trinajstić information content (AvgIpc) is 2.78. The van der Waals surface area contributed by atoms with Crippen molar-refractivity contribution < 1.29 is 9.90 Å². The monoisotopic (exact) mass is 281 g/mol. The van der Waals surface area contributed by atoms with Crippen molar-refractivity contribution in [3.05, 3.63) is 18.0 Å². The molecule has 0 aliphatic rings. The number of rotatable bonds is 8. The number of aromatic nitrogens is 1. The molecule has 4 N–H and O–H groups in total. The SMILES string of the molecule is CCCC(CCO)CNC(=O)c1cc(N)cn1C(C)C. The third kappa shape index (κ3) is 4.56. The summed E-state index contributed by atoms with van der Waals surface area (Å²) in [5, 5.41) is 12.0. The number of carbonyl (C=O) groups excluding carboxylic acids is 1. The summed E-state index contributed by atoms with van der Waals surface area (Å²) in [7, 11) is 0. The fourth-order valence-corrected chi connectivity index (χ4v) is 2.38. The summed E-state index contributed by atoms with van der Waals surface area (Å²) in [5.41, 5.74) is 6.97. The van der Waals surface area contributed by atoms with Crippen molar-refractivity contribution >= 4 is 11.6 Å². The van der Waals surface area contributed by atoms with Gasteiger partial charge in [0, 0.05) is 25.4 Å². The van der Waals surface area contributed by atoms with Crippen molar-refractivity contribution in [1.82, 2.24) is 9.88 Å². The summed E-state index contributed by atoms with van der Waals surface area (Å²) in [6.45, 7) is 6.90. The number of hydrogen-bond acceptors (Lipinski definition) is 3. The Morgan fingerprint density at radius 1 is 1.45 bits per heavy atom. The molecule has 0 aliphatic carbocycles. The zero-order valence-corrected chi connectivity index (χ0v) is 12.7. The molecule has 1 atom stereocenters. The lowest BCUT2D eigenvalue weighted by atomic mass is 10.0. The van der Waals surface area contributed by atoms with E-state index in [1.807, 2.05) is 18.4 Å². The minimum Gasteiger partial charge on any atom is -0.397 e. The Morgan fingerprint density at radius 3 is 2.70 bits per heavy atom. The maximum Gasteiger partial charge on any atom is 0.268 e. The summed E-state index contributed by atoms with van der Waals surface area (Å²) in [4.78, 5) is 12.2. The Balaban J connectivity index is 2.66. The number of anilines is 1. The van der Waals surface area contributed by atoms with E-state index in [0.29, 0.717) is 23.8 Å². The summed E-state index contributed by atoms with van der Waals surface area (Å²) < 4.78 is 1.88. The van der Waals surface area contributed by atoms with Crippen molar-refractivity contribution in [2.24, 2.45) is 5.92 Å². The molecular formula is C15H27N3O2. The second-order valence-corrected chi connectivity index (χ2v) is 5.54. The van der Waals surface area contributed by atoms with E-state index >= 15 is 0 Å². The van der Waals surface area contributed by atoms with Crippen LogP contribution in [-0.4, -0.2) is 28.7 Å². The number of nitrogens with zero attached hydrogens (tertiary/aromatic N) is 1. The highest BCUT2D eigenvalue weighted by molar-refractivity contribution is 5.93. The minimum absolute atomic E-state index is 0.102. The van der Waals surface area contributed by atoms with Gasteiger partial charge in [-0.1, -0.05) is 13.3 Å². The Hall–Kier alpha value is -1.49. The van der Waals surface area contributed by atoms with E-state index in [0.717, 1.165) is 19.3 Å². The van der Waals surface area contributed by atoms with Crippen LogP contribution in [0, 0.1) is 5.92 Å². The van der Waals surface area contributed by atoms with E-state index in [1.54, 1.807) is 12.3 Å². The number of nitrogen functional groups attached to an aromatic ring is 1. The topological polar surface area (TPSA) is 80.3 Å². The minimum atomic E-state index is -0.102. The smallest absolute Gasteiger partial charge is 0.268 e. The first kappa shape index (κ1) is 16.6. The number of aliphatic hydroxyl groups excluding tert-OH is 1. The fourth-order valence-electron chi connectivity index (χ4n) is 2.38. The highest BCUT2D eigenvalue weighted by Gasteiger charge is 2.16. The number of nitrogens with one attached hydrogen (secondary N) is 1. The van der Waals surface area contributed by atoms with Gasteiger partial charge < -0.3 is 20.7 Å². The van der Waals surface area contributed by atoms with Gasteiger partial charge in [-0.25, -0.2) is 0 Å². The zero-order chi connectivity index (χ0) is 15.1. The molecule has 1 aromatic heterocycles. The largest absolute Gasteiger partial charge is 0.397 e. The predicted octanol–water partition coefficient (Wildman–Crippen LogP) is 2.18. The van der Waals surface area contributed by atoms with Crippen molar-refractivity contribution in [3.63, 3.8) is 0 Å². The summed E-state index contributed by atoms with van der Waals surface area (Å²) in [5.74, 6) is 0.225. The van der Waals surface area contributed by atoms with Gasteiger partial charge in [-0.05, 0) is 38.7 Å². The van der Waals surface area contributed by atoms with Crippen LogP contribution in [0.2, 0.25) is 0 Å². The molecule has 1 aromatic rings. The molecule has 0 fully saturated rings. The van der Waals surface area contributed by atoms with Crippen LogP contribution in [0.1, 0.15) is 56.6 Å². The number of hydrogen-bond donors (Lipinski definition) is 3. The molecule has 20 heavy (non-hydrogen) atoms. The van der Waals surface area contributed by atoms with E-state index in [1.165, 1.54) is 0 Å². The first-order valence-corrected chi connectivity index (χ1v) is 7.36. The van der Waals surface area contributed by atoms with Crippen LogP contribution in [0.3, 0.4) is 0 Å². The highest BCUT2D eigenvalue weighted by Crippen LogP contribution is 2.17. The summed E-state index contributed by atoms with van der Waals surface area (Å²) >= 11 is 0. The van der Waals surface area contributed by atoms with Gasteiger partial charge >= 0.3 is 0 Å². The molecule has 114 valence electrons. The summed E-state index contributed by atoms with van der Waals surface area (Å²) in [6, 6.07) is 1.90. The molecule has 0 bridgehead atoms. The molecule has 1 unspecified atom stereocenters. The van der Waals surface area contributed by atoms with Crippen molar-refractivity contribution in [2.45, 2.75) is 46.1 Å². The van der Waals surface area contributed by atoms with Gasteiger partial charge in [0.1, 0.15) is 5.69 Å². The van der Waals surface area contributed by atoms with Gasteiger partial charge in [-0.15, -0.1) is 0 Å². The molecule has 5 nitrogen and oxygen atoms in total. The molecule has 1 rings (SSSR count). The Bertz CT molecular complexity index is 421. The van der Waals surface area contributed by atoms with Gasteiger partial charge in [0.15, 0.2) is 0 Å². The lowest BCUT2D eigenvalue weighted by Crippen LogP contribution is -2.31. The molecule has 0 saturated carbocycles. The molecule has 1 amide bonds. The molecule has 0 spiro atoms. The first-order chi connectivity index (χ1) is 9.49. The molecule has 0 radical (unpaired) electrons. The van der Waals surface area contributed by atoms with Crippen LogP contribution in [0.5, 0.6) is 0 Å². The Kier molecular flexibility index (Phi) is 6.58. The molecule has 0 aliphatic heterocycles. The van der Waals surface area contributed by atoms with Crippen LogP contribution in [0.4, 0.5) is 5.69 Å². The lowest BCUT2D eigenvalue weighted by molar-refractivity contribution is 0.0932.